The maximum atomic E-state index is 10.4. The molecule has 1 fully saturated rings. The minimum absolute atomic E-state index is 0.326. The second-order valence-electron chi connectivity index (χ2n) is 9.47. The van der Waals surface area contributed by atoms with Crippen molar-refractivity contribution in [2.24, 2.45) is 0 Å². The van der Waals surface area contributed by atoms with Crippen LogP contribution in [-0.2, 0) is 43.5 Å². The summed E-state index contributed by atoms with van der Waals surface area (Å²) in [6.07, 6.45) is 0.895. The summed E-state index contributed by atoms with van der Waals surface area (Å²) in [6.45, 7) is 1.61. The summed E-state index contributed by atoms with van der Waals surface area (Å²) in [4.78, 5) is 0. The third-order valence-corrected chi connectivity index (χ3v) is 6.70. The first-order valence-electron chi connectivity index (χ1n) is 12.8. The average molecular weight is 503 g/mol. The number of fused-ring (bicyclic) bond motifs is 1. The first-order valence-corrected chi connectivity index (χ1v) is 12.8. The van der Waals surface area contributed by atoms with E-state index in [0.717, 1.165) is 16.7 Å². The van der Waals surface area contributed by atoms with E-state index in [2.05, 4.69) is 0 Å². The molecule has 0 spiro atoms. The molecule has 1 N–H and O–H groups in total. The van der Waals surface area contributed by atoms with E-state index in [0.29, 0.717) is 32.8 Å². The first kappa shape index (κ1) is 25.6. The van der Waals surface area contributed by atoms with Crippen molar-refractivity contribution >= 4 is 0 Å². The fraction of sp³-hybridized carbons (Fsp3) is 0.355. The number of benzene rings is 3. The van der Waals surface area contributed by atoms with E-state index in [1.165, 1.54) is 0 Å². The molecule has 6 nitrogen and oxygen atoms in total. The summed E-state index contributed by atoms with van der Waals surface area (Å²) in [6, 6.07) is 30.2. The number of hydrogen-bond donors (Lipinski definition) is 1. The van der Waals surface area contributed by atoms with E-state index in [9.17, 15) is 5.11 Å². The molecule has 3 aromatic carbocycles. The van der Waals surface area contributed by atoms with Crippen molar-refractivity contribution in [2.75, 3.05) is 6.61 Å². The maximum Gasteiger partial charge on any atom is 0.153 e. The lowest BCUT2D eigenvalue weighted by atomic mass is 9.92. The van der Waals surface area contributed by atoms with E-state index in [-0.39, 0.29) is 6.10 Å². The summed E-state index contributed by atoms with van der Waals surface area (Å²) in [5, 5.41) is 10.4. The molecule has 2 aliphatic heterocycles. The van der Waals surface area contributed by atoms with Gasteiger partial charge in [0.25, 0.3) is 0 Å². The molecule has 0 aromatic heterocycles. The minimum atomic E-state index is -0.655. The summed E-state index contributed by atoms with van der Waals surface area (Å²) >= 11 is 0. The Morgan fingerprint density at radius 1 is 0.703 bits per heavy atom. The Morgan fingerprint density at radius 2 is 1.24 bits per heavy atom. The Labute approximate surface area is 218 Å². The molecule has 37 heavy (non-hydrogen) atoms. The van der Waals surface area contributed by atoms with E-state index in [1.807, 2.05) is 91.0 Å². The minimum Gasteiger partial charge on any atom is -0.493 e. The largest absolute Gasteiger partial charge is 0.493 e. The fourth-order valence-electron chi connectivity index (χ4n) is 4.81. The fourth-order valence-corrected chi connectivity index (χ4v) is 4.81. The Balaban J connectivity index is 1.36. The molecule has 6 atom stereocenters. The van der Waals surface area contributed by atoms with Gasteiger partial charge in [0.1, 0.15) is 24.4 Å². The lowest BCUT2D eigenvalue weighted by Crippen LogP contribution is -2.61. The van der Waals surface area contributed by atoms with E-state index in [4.69, 9.17) is 23.7 Å². The highest BCUT2D eigenvalue weighted by Gasteiger charge is 2.49. The van der Waals surface area contributed by atoms with Gasteiger partial charge < -0.3 is 28.8 Å². The van der Waals surface area contributed by atoms with Gasteiger partial charge in [-0.2, -0.15) is 0 Å². The van der Waals surface area contributed by atoms with Crippen LogP contribution in [0.15, 0.2) is 103 Å². The van der Waals surface area contributed by atoms with Crippen LogP contribution in [0, 0.1) is 0 Å². The van der Waals surface area contributed by atoms with E-state index in [1.54, 1.807) is 12.3 Å². The van der Waals surface area contributed by atoms with Crippen LogP contribution in [0.2, 0.25) is 0 Å². The monoisotopic (exact) mass is 502 g/mol. The standard InChI is InChI=1S/C31H34O6/c32-26-16-17-34-29-27(18-26)37-28(22-33-19-23-10-4-1-5-11-23)30(35-20-24-12-6-2-7-13-24)31(29)36-21-25-14-8-3-9-15-25/h1-17,26-32H,18-22H2/t26-,27-,28+,29-,30+,31+/m0/s1. The Hall–Kier alpha value is -3.00. The van der Waals surface area contributed by atoms with Crippen molar-refractivity contribution in [3.63, 3.8) is 0 Å². The quantitative estimate of drug-likeness (QED) is 0.430. The smallest absolute Gasteiger partial charge is 0.153 e. The van der Waals surface area contributed by atoms with Crippen LogP contribution < -0.4 is 0 Å². The van der Waals surface area contributed by atoms with Crippen molar-refractivity contribution in [1.29, 1.82) is 0 Å². The van der Waals surface area contributed by atoms with Gasteiger partial charge in [0.05, 0.1) is 38.8 Å². The Bertz CT molecular complexity index is 1090. The normalized spacial score (nSPS) is 27.2. The summed E-state index contributed by atoms with van der Waals surface area (Å²) in [5.41, 5.74) is 3.22. The van der Waals surface area contributed by atoms with Crippen molar-refractivity contribution in [3.05, 3.63) is 120 Å². The molecule has 0 unspecified atom stereocenters. The van der Waals surface area contributed by atoms with Crippen molar-refractivity contribution in [1.82, 2.24) is 0 Å². The molecule has 0 radical (unpaired) electrons. The molecule has 0 saturated carbocycles. The third-order valence-electron chi connectivity index (χ3n) is 6.70. The van der Waals surface area contributed by atoms with Gasteiger partial charge in [-0.05, 0) is 22.8 Å². The van der Waals surface area contributed by atoms with Crippen LogP contribution in [0.1, 0.15) is 23.1 Å². The Kier molecular flexibility index (Phi) is 9.00. The van der Waals surface area contributed by atoms with Gasteiger partial charge in [-0.1, -0.05) is 91.0 Å². The third kappa shape index (κ3) is 7.06. The highest BCUT2D eigenvalue weighted by molar-refractivity contribution is 5.15. The predicted molar refractivity (Wildman–Crippen MR) is 139 cm³/mol. The van der Waals surface area contributed by atoms with Gasteiger partial charge in [0.2, 0.25) is 0 Å². The molecule has 5 rings (SSSR count). The number of ether oxygens (including phenoxy) is 5. The van der Waals surface area contributed by atoms with Crippen molar-refractivity contribution < 1.29 is 28.8 Å². The molecular formula is C31H34O6. The molecule has 0 amide bonds. The van der Waals surface area contributed by atoms with Gasteiger partial charge in [0, 0.05) is 6.42 Å². The maximum absolute atomic E-state index is 10.4. The van der Waals surface area contributed by atoms with Crippen LogP contribution >= 0.6 is 0 Å². The SMILES string of the molecule is O[C@H]1C=CO[C@@H]2[C@@H](OCc3ccccc3)[C@H](OCc3ccccc3)[C@@H](COCc3ccccc3)O[C@H]2C1. The average Bonchev–Trinajstić information content (AvgIpc) is 3.13. The lowest BCUT2D eigenvalue weighted by molar-refractivity contribution is -0.263. The van der Waals surface area contributed by atoms with E-state index < -0.39 is 30.5 Å². The molecular weight excluding hydrogens is 468 g/mol. The molecule has 0 aliphatic carbocycles. The van der Waals surface area contributed by atoms with Crippen LogP contribution in [0.25, 0.3) is 0 Å². The first-order chi connectivity index (χ1) is 18.3. The number of hydrogen-bond acceptors (Lipinski definition) is 6. The van der Waals surface area contributed by atoms with Gasteiger partial charge >= 0.3 is 0 Å². The van der Waals surface area contributed by atoms with Crippen LogP contribution in [0.3, 0.4) is 0 Å². The van der Waals surface area contributed by atoms with Gasteiger partial charge in [0.15, 0.2) is 6.10 Å². The highest BCUT2D eigenvalue weighted by atomic mass is 16.6. The summed E-state index contributed by atoms with van der Waals surface area (Å²) in [5.74, 6) is 0. The molecule has 3 aromatic rings. The van der Waals surface area contributed by atoms with Crippen molar-refractivity contribution in [3.8, 4) is 0 Å². The van der Waals surface area contributed by atoms with Crippen molar-refractivity contribution in [2.45, 2.75) is 62.9 Å². The summed E-state index contributed by atoms with van der Waals surface area (Å²) < 4.78 is 31.7. The van der Waals surface area contributed by atoms with Gasteiger partial charge in [-0.25, -0.2) is 0 Å². The van der Waals surface area contributed by atoms with Gasteiger partial charge in [-0.15, -0.1) is 0 Å². The van der Waals surface area contributed by atoms with Crippen LogP contribution in [0.5, 0.6) is 0 Å². The molecule has 6 heteroatoms. The van der Waals surface area contributed by atoms with Crippen LogP contribution in [-0.4, -0.2) is 48.3 Å². The Morgan fingerprint density at radius 3 is 1.84 bits per heavy atom. The number of rotatable bonds is 10. The van der Waals surface area contributed by atoms with Gasteiger partial charge in [-0.3, -0.25) is 0 Å². The molecule has 2 aliphatic rings. The molecule has 194 valence electrons. The molecule has 0 bridgehead atoms. The number of aliphatic hydroxyl groups is 1. The summed E-state index contributed by atoms with van der Waals surface area (Å²) in [7, 11) is 0. The zero-order valence-electron chi connectivity index (χ0n) is 20.8. The molecule has 1 saturated heterocycles. The highest BCUT2D eigenvalue weighted by Crippen LogP contribution is 2.33. The van der Waals surface area contributed by atoms with E-state index >= 15 is 0 Å². The lowest BCUT2D eigenvalue weighted by Gasteiger charge is -2.45. The predicted octanol–water partition coefficient (Wildman–Crippen LogP) is 4.80. The topological polar surface area (TPSA) is 66.4 Å². The second-order valence-corrected chi connectivity index (χ2v) is 9.47. The molecule has 2 heterocycles. The van der Waals surface area contributed by atoms with Crippen LogP contribution in [0.4, 0.5) is 0 Å². The number of aliphatic hydroxyl groups excluding tert-OH is 1. The zero-order chi connectivity index (χ0) is 25.3. The zero-order valence-corrected chi connectivity index (χ0v) is 20.8. The second kappa shape index (κ2) is 13.0.